The summed E-state index contributed by atoms with van der Waals surface area (Å²) < 4.78 is 5.66. The maximum Gasteiger partial charge on any atom is 0.312 e. The summed E-state index contributed by atoms with van der Waals surface area (Å²) in [4.78, 5) is 41.2. The number of carbonyl (C=O) groups is 3. The number of halogens is 2. The molecule has 6 aliphatic rings. The van der Waals surface area contributed by atoms with Crippen LogP contribution in [-0.2, 0) is 19.1 Å². The van der Waals surface area contributed by atoms with Crippen molar-refractivity contribution in [2.24, 2.45) is 44.3 Å². The van der Waals surface area contributed by atoms with E-state index in [0.717, 1.165) is 44.1 Å². The zero-order valence-corrected chi connectivity index (χ0v) is 25.9. The van der Waals surface area contributed by atoms with Gasteiger partial charge in [-0.15, -0.1) is 0 Å². The molecular weight excluding hydrogens is 584 g/mol. The van der Waals surface area contributed by atoms with Crippen LogP contribution in [0.2, 0.25) is 0 Å². The highest BCUT2D eigenvalue weighted by molar-refractivity contribution is 9.25. The van der Waals surface area contributed by atoms with Gasteiger partial charge in [0.25, 0.3) is 0 Å². The van der Waals surface area contributed by atoms with Gasteiger partial charge in [0.15, 0.2) is 11.6 Å². The van der Waals surface area contributed by atoms with Crippen LogP contribution in [-0.4, -0.2) is 26.4 Å². The summed E-state index contributed by atoms with van der Waals surface area (Å²) in [6, 6.07) is 0. The average molecular weight is 624 g/mol. The average Bonchev–Trinajstić information content (AvgIpc) is 2.98. The number of hydrogen-bond acceptors (Lipinski definition) is 4. The molecule has 1 spiro atoms. The third-order valence-electron chi connectivity index (χ3n) is 13.1. The molecule has 6 rings (SSSR count). The second-order valence-corrected chi connectivity index (χ2v) is 19.0. The number of ketones is 2. The molecule has 36 heavy (non-hydrogen) atoms. The van der Waals surface area contributed by atoms with Crippen LogP contribution in [0, 0.1) is 44.3 Å². The third-order valence-corrected chi connectivity index (χ3v) is 14.4. The number of ether oxygens (including phenoxy) is 1. The molecule has 1 saturated heterocycles. The molecule has 0 radical (unpaired) electrons. The molecule has 4 saturated carbocycles. The van der Waals surface area contributed by atoms with Crippen molar-refractivity contribution in [2.45, 2.75) is 109 Å². The molecule has 2 bridgehead atoms. The van der Waals surface area contributed by atoms with E-state index in [1.807, 2.05) is 6.08 Å². The predicted molar refractivity (Wildman–Crippen MR) is 146 cm³/mol. The van der Waals surface area contributed by atoms with Crippen LogP contribution in [0.15, 0.2) is 11.6 Å². The maximum absolute atomic E-state index is 14.5. The molecule has 198 valence electrons. The fourth-order valence-electron chi connectivity index (χ4n) is 10.9. The molecule has 5 fully saturated rings. The smallest absolute Gasteiger partial charge is 0.312 e. The van der Waals surface area contributed by atoms with Crippen LogP contribution in [0.5, 0.6) is 0 Å². The molecule has 0 aromatic heterocycles. The number of esters is 1. The first-order valence-corrected chi connectivity index (χ1v) is 15.3. The van der Waals surface area contributed by atoms with E-state index in [9.17, 15) is 14.4 Å². The number of carbonyl (C=O) groups excluding carboxylic acids is 3. The van der Waals surface area contributed by atoms with Crippen molar-refractivity contribution in [3.63, 3.8) is 0 Å². The lowest BCUT2D eigenvalue weighted by Gasteiger charge is -2.71. The summed E-state index contributed by atoms with van der Waals surface area (Å²) in [5, 5.41) is 0. The largest absolute Gasteiger partial charge is 0.453 e. The van der Waals surface area contributed by atoms with Crippen molar-refractivity contribution in [2.75, 3.05) is 0 Å². The lowest BCUT2D eigenvalue weighted by atomic mass is 9.33. The van der Waals surface area contributed by atoms with Crippen LogP contribution in [0.1, 0.15) is 99.8 Å². The summed E-state index contributed by atoms with van der Waals surface area (Å²) in [6.45, 7) is 15.5. The molecule has 0 aromatic rings. The topological polar surface area (TPSA) is 60.4 Å². The van der Waals surface area contributed by atoms with Gasteiger partial charge in [0.1, 0.15) is 8.83 Å². The first-order valence-electron chi connectivity index (χ1n) is 13.8. The summed E-state index contributed by atoms with van der Waals surface area (Å²) in [5.74, 6) is 0.218. The third kappa shape index (κ3) is 2.61. The fraction of sp³-hybridized carbons (Fsp3) is 0.833. The predicted octanol–water partition coefficient (Wildman–Crippen LogP) is 7.31. The number of alkyl halides is 2. The Balaban J connectivity index is 1.55. The second kappa shape index (κ2) is 6.80. The van der Waals surface area contributed by atoms with E-state index in [0.29, 0.717) is 12.8 Å². The first-order chi connectivity index (χ1) is 16.3. The number of rotatable bonds is 0. The van der Waals surface area contributed by atoms with Gasteiger partial charge >= 0.3 is 5.97 Å². The molecule has 5 aliphatic carbocycles. The summed E-state index contributed by atoms with van der Waals surface area (Å²) in [5.41, 5.74) is -1.56. The lowest BCUT2D eigenvalue weighted by molar-refractivity contribution is -0.200. The highest BCUT2D eigenvalue weighted by Gasteiger charge is 2.77. The van der Waals surface area contributed by atoms with Gasteiger partial charge in [-0.25, -0.2) is 0 Å². The van der Waals surface area contributed by atoms with Crippen molar-refractivity contribution < 1.29 is 19.1 Å². The van der Waals surface area contributed by atoms with E-state index >= 15 is 0 Å². The monoisotopic (exact) mass is 622 g/mol. The van der Waals surface area contributed by atoms with E-state index in [1.54, 1.807) is 0 Å². The Kier molecular flexibility index (Phi) is 4.87. The maximum atomic E-state index is 14.5. The Morgan fingerprint density at radius 1 is 0.861 bits per heavy atom. The van der Waals surface area contributed by atoms with E-state index in [1.165, 1.54) is 0 Å². The molecule has 1 unspecified atom stereocenters. The van der Waals surface area contributed by atoms with E-state index in [-0.39, 0.29) is 51.0 Å². The Morgan fingerprint density at radius 2 is 1.50 bits per heavy atom. The Hall–Kier alpha value is -0.490. The molecule has 1 heterocycles. The fourth-order valence-corrected chi connectivity index (χ4v) is 13.1. The van der Waals surface area contributed by atoms with Gasteiger partial charge in [0.05, 0.1) is 5.41 Å². The van der Waals surface area contributed by atoms with Crippen molar-refractivity contribution in [3.8, 4) is 0 Å². The van der Waals surface area contributed by atoms with Crippen molar-refractivity contribution in [1.82, 2.24) is 0 Å². The molecule has 6 heteroatoms. The van der Waals surface area contributed by atoms with E-state index in [2.05, 4.69) is 80.3 Å². The van der Waals surface area contributed by atoms with Gasteiger partial charge in [-0.1, -0.05) is 73.4 Å². The van der Waals surface area contributed by atoms with Crippen molar-refractivity contribution in [1.29, 1.82) is 0 Å². The van der Waals surface area contributed by atoms with Crippen LogP contribution < -0.4 is 0 Å². The molecule has 0 aromatic carbocycles. The van der Waals surface area contributed by atoms with E-state index < -0.39 is 19.7 Å². The van der Waals surface area contributed by atoms with E-state index in [4.69, 9.17) is 4.74 Å². The minimum absolute atomic E-state index is 0.0809. The minimum atomic E-state index is -0.825. The lowest BCUT2D eigenvalue weighted by Crippen LogP contribution is -2.70. The SMILES string of the molecule is CC1(C)C(=O)C(Br)(Br)C[C@@]2(C)C1CC[C@]1(C)[C@@H]2C(=O)C=C2[C@@]1(C)CC[C@@]1(C)CC[C@@]3(C)C[C@@]21OC3=O. The number of fused-ring (bicyclic) bond motifs is 6. The second-order valence-electron chi connectivity index (χ2n) is 15.2. The Bertz CT molecular complexity index is 1160. The van der Waals surface area contributed by atoms with Gasteiger partial charge in [0.2, 0.25) is 0 Å². The summed E-state index contributed by atoms with van der Waals surface area (Å²) in [6.07, 6.45) is 8.89. The molecule has 4 nitrogen and oxygen atoms in total. The minimum Gasteiger partial charge on any atom is -0.453 e. The van der Waals surface area contributed by atoms with Crippen LogP contribution in [0.4, 0.5) is 0 Å². The zero-order chi connectivity index (χ0) is 26.5. The van der Waals surface area contributed by atoms with Gasteiger partial charge in [-0.3, -0.25) is 14.4 Å². The van der Waals surface area contributed by atoms with Crippen LogP contribution >= 0.6 is 31.9 Å². The zero-order valence-electron chi connectivity index (χ0n) is 22.8. The van der Waals surface area contributed by atoms with Gasteiger partial charge in [-0.2, -0.15) is 0 Å². The van der Waals surface area contributed by atoms with Gasteiger partial charge < -0.3 is 4.74 Å². The summed E-state index contributed by atoms with van der Waals surface area (Å²) in [7, 11) is 0. The van der Waals surface area contributed by atoms with Gasteiger partial charge in [0, 0.05) is 23.2 Å². The Morgan fingerprint density at radius 3 is 2.17 bits per heavy atom. The highest BCUT2D eigenvalue weighted by atomic mass is 79.9. The van der Waals surface area contributed by atoms with Crippen molar-refractivity contribution in [3.05, 3.63) is 11.6 Å². The molecular formula is C30H40Br2O4. The van der Waals surface area contributed by atoms with Crippen LogP contribution in [0.25, 0.3) is 0 Å². The van der Waals surface area contributed by atoms with Crippen LogP contribution in [0.3, 0.4) is 0 Å². The molecule has 0 amide bonds. The quantitative estimate of drug-likeness (QED) is 0.210. The number of hydrogen-bond donors (Lipinski definition) is 0. The number of Topliss-reactive ketones (excluding diaryl/α,β-unsaturated/α-hetero) is 1. The highest BCUT2D eigenvalue weighted by Crippen LogP contribution is 2.78. The van der Waals surface area contributed by atoms with Gasteiger partial charge in [-0.05, 0) is 85.7 Å². The summed E-state index contributed by atoms with van der Waals surface area (Å²) >= 11 is 7.48. The molecule has 1 aliphatic heterocycles. The number of allylic oxidation sites excluding steroid dienone is 1. The molecule has 0 N–H and O–H groups in total. The molecule has 8 atom stereocenters. The Labute approximate surface area is 232 Å². The first kappa shape index (κ1) is 25.8. The van der Waals surface area contributed by atoms with Crippen molar-refractivity contribution >= 4 is 49.4 Å². The normalized spacial score (nSPS) is 54.5. The standard InChI is InChI=1S/C30H40Br2O4/c1-23(2)18-8-9-28(7)20(26(18,5)16-30(31,32)21(23)34)17(33)14-19-27(28,6)13-12-25(4)11-10-24(3)15-29(19,25)36-22(24)35/h14,18,20H,8-13,15-16H2,1-7H3/t18?,20-,24+,25-,26+,27-,28-,29-/m1/s1.